The van der Waals surface area contributed by atoms with E-state index in [9.17, 15) is 0 Å². The van der Waals surface area contributed by atoms with Crippen LogP contribution in [0.5, 0.6) is 0 Å². The number of fused-ring (bicyclic) bond motifs is 9. The third kappa shape index (κ3) is 7.69. The molecule has 3 nitrogen and oxygen atoms in total. The zero-order valence-corrected chi connectivity index (χ0v) is 39.5. The van der Waals surface area contributed by atoms with Crippen molar-refractivity contribution in [1.29, 1.82) is 0 Å². The normalized spacial score (nSPS) is 21.8. The van der Waals surface area contributed by atoms with E-state index in [2.05, 4.69) is 162 Å². The molecule has 0 saturated carbocycles. The summed E-state index contributed by atoms with van der Waals surface area (Å²) in [6.07, 6.45) is 22.1. The van der Waals surface area contributed by atoms with Crippen LogP contribution in [-0.2, 0) is 19.3 Å². The SMILES string of the molecule is CCCCCCCCCCCCC1c2c(c3ccccc3n2C2Cc3c([nH]c4ccccc34)C(c3ccc(C)cc3)C2n2c3c(c4ccccc42)CCCC3c2ccccc2)CCC1C. The molecule has 1 N–H and O–H groups in total. The largest absolute Gasteiger partial charge is 0.358 e. The van der Waals surface area contributed by atoms with Crippen molar-refractivity contribution < 1.29 is 0 Å². The van der Waals surface area contributed by atoms with Gasteiger partial charge >= 0.3 is 0 Å². The third-order valence-corrected chi connectivity index (χ3v) is 16.7. The van der Waals surface area contributed by atoms with Crippen LogP contribution in [0.3, 0.4) is 0 Å². The number of benzene rings is 5. The summed E-state index contributed by atoms with van der Waals surface area (Å²) in [5.41, 5.74) is 17.7. The van der Waals surface area contributed by atoms with E-state index in [0.29, 0.717) is 17.8 Å². The summed E-state index contributed by atoms with van der Waals surface area (Å²) in [4.78, 5) is 4.16. The molecule has 3 aromatic heterocycles. The number of aryl methyl sites for hydroxylation is 3. The van der Waals surface area contributed by atoms with E-state index in [1.54, 1.807) is 22.5 Å². The van der Waals surface area contributed by atoms with Crippen LogP contribution >= 0.6 is 0 Å². The summed E-state index contributed by atoms with van der Waals surface area (Å²) < 4.78 is 5.98. The van der Waals surface area contributed by atoms with Gasteiger partial charge in [-0.25, -0.2) is 0 Å². The van der Waals surface area contributed by atoms with E-state index in [4.69, 9.17) is 0 Å². The lowest BCUT2D eigenvalue weighted by molar-refractivity contribution is 0.260. The van der Waals surface area contributed by atoms with Crippen LogP contribution in [0.15, 0.2) is 127 Å². The van der Waals surface area contributed by atoms with Crippen molar-refractivity contribution >= 4 is 32.7 Å². The summed E-state index contributed by atoms with van der Waals surface area (Å²) in [6.45, 7) is 7.16. The van der Waals surface area contributed by atoms with Crippen LogP contribution in [0.1, 0.15) is 184 Å². The highest BCUT2D eigenvalue weighted by Gasteiger charge is 2.47. The van der Waals surface area contributed by atoms with E-state index in [1.165, 1.54) is 157 Å². The standard InChI is InChI=1S/C62H71N3/c1-4-5-6-7-8-9-10-11-12-16-26-46-43(3)37-40-52-50-29-18-21-33-55(50)64(60(46)52)57-41-53-48-27-17-20-32-54(48)63-59(53)58(45-38-35-42(2)36-39-45)62(57)65-56-34-22-19-28-49(56)51-31-23-30-47(61(51)65)44-24-14-13-15-25-44/h13-15,17-22,24-25,27-29,32-36,38-39,43,46-47,57-58,62-63H,4-12,16,23,26,30-31,37,40-41H2,1-3H3. The average molecular weight is 858 g/mol. The number of nitrogens with zero attached hydrogens (tertiary/aromatic N) is 2. The molecule has 0 saturated heterocycles. The fourth-order valence-corrected chi connectivity index (χ4v) is 13.6. The number of unbranched alkanes of at least 4 members (excludes halogenated alkanes) is 9. The molecular weight excluding hydrogens is 787 g/mol. The molecule has 3 heterocycles. The lowest BCUT2D eigenvalue weighted by Gasteiger charge is -2.44. The Hall–Kier alpha value is -5.28. The van der Waals surface area contributed by atoms with Crippen molar-refractivity contribution in [2.24, 2.45) is 5.92 Å². The molecular formula is C62H71N3. The van der Waals surface area contributed by atoms with Crippen molar-refractivity contribution in [3.8, 4) is 0 Å². The molecule has 5 aromatic carbocycles. The number of nitrogens with one attached hydrogen (secondary N) is 1. The van der Waals surface area contributed by atoms with Crippen molar-refractivity contribution in [2.45, 2.75) is 160 Å². The first-order valence-corrected chi connectivity index (χ1v) is 26.0. The second-order valence-electron chi connectivity index (χ2n) is 20.7. The molecule has 6 unspecified atom stereocenters. The lowest BCUT2D eigenvalue weighted by atomic mass is 9.73. The Balaban J connectivity index is 1.12. The molecule has 3 aliphatic rings. The third-order valence-electron chi connectivity index (χ3n) is 16.7. The van der Waals surface area contributed by atoms with Crippen molar-refractivity contribution in [3.63, 3.8) is 0 Å². The van der Waals surface area contributed by atoms with Gasteiger partial charge in [-0.05, 0) is 104 Å². The molecule has 6 atom stereocenters. The quantitative estimate of drug-likeness (QED) is 0.0994. The molecule has 334 valence electrons. The van der Waals surface area contributed by atoms with Gasteiger partial charge in [-0.3, -0.25) is 0 Å². The number of H-pyrrole nitrogens is 1. The number of para-hydroxylation sites is 3. The van der Waals surface area contributed by atoms with Gasteiger partial charge in [0.2, 0.25) is 0 Å². The fraction of sp³-hybridized carbons (Fsp3) is 0.419. The maximum Gasteiger partial charge on any atom is 0.0673 e. The minimum atomic E-state index is 0.119. The van der Waals surface area contributed by atoms with E-state index in [-0.39, 0.29) is 18.0 Å². The van der Waals surface area contributed by atoms with Gasteiger partial charge in [0.05, 0.1) is 12.1 Å². The highest BCUT2D eigenvalue weighted by molar-refractivity contribution is 5.89. The molecule has 0 bridgehead atoms. The number of hydrogen-bond acceptors (Lipinski definition) is 0. The second-order valence-corrected chi connectivity index (χ2v) is 20.7. The molecule has 0 radical (unpaired) electrons. The van der Waals surface area contributed by atoms with Crippen molar-refractivity contribution in [1.82, 2.24) is 14.1 Å². The van der Waals surface area contributed by atoms with Gasteiger partial charge in [0, 0.05) is 67.5 Å². The summed E-state index contributed by atoms with van der Waals surface area (Å²) in [5, 5.41) is 4.35. The van der Waals surface area contributed by atoms with Gasteiger partial charge in [0.1, 0.15) is 0 Å². The Kier molecular flexibility index (Phi) is 12.1. The molecule has 3 aliphatic carbocycles. The number of aromatic amines is 1. The molecule has 0 amide bonds. The van der Waals surface area contributed by atoms with Gasteiger partial charge in [0.25, 0.3) is 0 Å². The Labute approximate surface area is 388 Å². The highest BCUT2D eigenvalue weighted by atomic mass is 15.2. The minimum Gasteiger partial charge on any atom is -0.358 e. The van der Waals surface area contributed by atoms with Crippen LogP contribution in [0.2, 0.25) is 0 Å². The first-order chi connectivity index (χ1) is 32.1. The second kappa shape index (κ2) is 18.5. The molecule has 0 aliphatic heterocycles. The van der Waals surface area contributed by atoms with Crippen LogP contribution < -0.4 is 0 Å². The monoisotopic (exact) mass is 858 g/mol. The number of rotatable bonds is 15. The molecule has 0 spiro atoms. The van der Waals surface area contributed by atoms with E-state index in [1.807, 2.05) is 0 Å². The summed E-state index contributed by atoms with van der Waals surface area (Å²) in [7, 11) is 0. The smallest absolute Gasteiger partial charge is 0.0673 e. The minimum absolute atomic E-state index is 0.119. The predicted molar refractivity (Wildman–Crippen MR) is 275 cm³/mol. The van der Waals surface area contributed by atoms with E-state index in [0.717, 1.165) is 12.8 Å². The van der Waals surface area contributed by atoms with Gasteiger partial charge in [-0.15, -0.1) is 0 Å². The Morgan fingerprint density at radius 1 is 0.554 bits per heavy atom. The maximum absolute atomic E-state index is 4.16. The summed E-state index contributed by atoms with van der Waals surface area (Å²) >= 11 is 0. The zero-order valence-electron chi connectivity index (χ0n) is 39.5. The van der Waals surface area contributed by atoms with Gasteiger partial charge in [-0.1, -0.05) is 193 Å². The first-order valence-electron chi connectivity index (χ1n) is 26.0. The molecule has 3 heteroatoms. The van der Waals surface area contributed by atoms with Crippen LogP contribution in [0.25, 0.3) is 32.7 Å². The molecule has 8 aromatic rings. The predicted octanol–water partition coefficient (Wildman–Crippen LogP) is 17.0. The highest BCUT2D eigenvalue weighted by Crippen LogP contribution is 2.57. The first kappa shape index (κ1) is 42.4. The summed E-state index contributed by atoms with van der Waals surface area (Å²) in [5.74, 6) is 1.67. The maximum atomic E-state index is 4.16. The van der Waals surface area contributed by atoms with Crippen LogP contribution in [0, 0.1) is 12.8 Å². The summed E-state index contributed by atoms with van der Waals surface area (Å²) in [6, 6.07) is 49.9. The van der Waals surface area contributed by atoms with Crippen LogP contribution in [0.4, 0.5) is 0 Å². The molecule has 0 fully saturated rings. The van der Waals surface area contributed by atoms with Gasteiger partial charge in [-0.2, -0.15) is 0 Å². The Morgan fingerprint density at radius 3 is 1.89 bits per heavy atom. The van der Waals surface area contributed by atoms with E-state index >= 15 is 0 Å². The Bertz CT molecular complexity index is 2890. The topological polar surface area (TPSA) is 25.6 Å². The van der Waals surface area contributed by atoms with E-state index < -0.39 is 0 Å². The van der Waals surface area contributed by atoms with Gasteiger partial charge in [0.15, 0.2) is 0 Å². The average Bonchev–Trinajstić information content (AvgIpc) is 4.00. The van der Waals surface area contributed by atoms with Crippen LogP contribution in [-0.4, -0.2) is 14.1 Å². The lowest BCUT2D eigenvalue weighted by Crippen LogP contribution is -2.37. The number of hydrogen-bond donors (Lipinski definition) is 1. The fourth-order valence-electron chi connectivity index (χ4n) is 13.6. The zero-order chi connectivity index (χ0) is 43.9. The van der Waals surface area contributed by atoms with Gasteiger partial charge < -0.3 is 14.1 Å². The number of aromatic nitrogens is 3. The Morgan fingerprint density at radius 2 is 1.17 bits per heavy atom. The molecule has 11 rings (SSSR count). The van der Waals surface area contributed by atoms with Crippen molar-refractivity contribution in [3.05, 3.63) is 178 Å². The van der Waals surface area contributed by atoms with Crippen molar-refractivity contribution in [2.75, 3.05) is 0 Å². The molecule has 65 heavy (non-hydrogen) atoms.